The number of amides is 1. The van der Waals surface area contributed by atoms with Gasteiger partial charge in [-0.25, -0.2) is 4.79 Å². The fraction of sp³-hybridized carbons (Fsp3) is 0.333. The SMILES string of the molecule is CCCCOc1ccc(C(=O)OCC(=O)NCc2cccs2)cc1. The van der Waals surface area contributed by atoms with Crippen LogP contribution in [0.15, 0.2) is 41.8 Å². The van der Waals surface area contributed by atoms with Crippen LogP contribution < -0.4 is 10.1 Å². The Hall–Kier alpha value is -2.34. The Morgan fingerprint density at radius 2 is 1.96 bits per heavy atom. The van der Waals surface area contributed by atoms with E-state index in [1.54, 1.807) is 35.6 Å². The van der Waals surface area contributed by atoms with E-state index in [2.05, 4.69) is 12.2 Å². The average molecular weight is 347 g/mol. The number of carbonyl (C=O) groups is 2. The number of rotatable bonds is 9. The van der Waals surface area contributed by atoms with Crippen molar-refractivity contribution < 1.29 is 19.1 Å². The lowest BCUT2D eigenvalue weighted by atomic mass is 10.2. The Labute approximate surface area is 145 Å². The summed E-state index contributed by atoms with van der Waals surface area (Å²) in [4.78, 5) is 24.6. The fourth-order valence-electron chi connectivity index (χ4n) is 1.89. The fourth-order valence-corrected chi connectivity index (χ4v) is 2.53. The lowest BCUT2D eigenvalue weighted by Gasteiger charge is -2.07. The molecule has 0 unspecified atom stereocenters. The maximum absolute atomic E-state index is 11.9. The van der Waals surface area contributed by atoms with Crippen LogP contribution in [0, 0.1) is 0 Å². The lowest BCUT2D eigenvalue weighted by Crippen LogP contribution is -2.28. The third-order valence-electron chi connectivity index (χ3n) is 3.23. The zero-order chi connectivity index (χ0) is 17.2. The van der Waals surface area contributed by atoms with Gasteiger partial charge in [-0.05, 0) is 42.1 Å². The number of thiophene rings is 1. The molecule has 0 bridgehead atoms. The van der Waals surface area contributed by atoms with Crippen molar-refractivity contribution in [2.45, 2.75) is 26.3 Å². The van der Waals surface area contributed by atoms with Crippen LogP contribution in [0.3, 0.4) is 0 Å². The van der Waals surface area contributed by atoms with E-state index in [0.29, 0.717) is 24.5 Å². The Bertz CT molecular complexity index is 638. The number of hydrogen-bond acceptors (Lipinski definition) is 5. The predicted molar refractivity (Wildman–Crippen MR) is 93.3 cm³/mol. The maximum atomic E-state index is 11.9. The van der Waals surface area contributed by atoms with Crippen LogP contribution in [0.4, 0.5) is 0 Å². The molecule has 1 N–H and O–H groups in total. The standard InChI is InChI=1S/C18H21NO4S/c1-2-3-10-22-15-8-6-14(7-9-15)18(21)23-13-17(20)19-12-16-5-4-11-24-16/h4-9,11H,2-3,10,12-13H2,1H3,(H,19,20). The molecule has 6 heteroatoms. The first-order valence-corrected chi connectivity index (χ1v) is 8.76. The smallest absolute Gasteiger partial charge is 0.338 e. The monoisotopic (exact) mass is 347 g/mol. The van der Waals surface area contributed by atoms with Crippen LogP contribution in [0.1, 0.15) is 35.0 Å². The minimum atomic E-state index is -0.526. The van der Waals surface area contributed by atoms with E-state index in [1.165, 1.54) is 0 Å². The van der Waals surface area contributed by atoms with Crippen LogP contribution in [0.5, 0.6) is 5.75 Å². The zero-order valence-electron chi connectivity index (χ0n) is 13.6. The predicted octanol–water partition coefficient (Wildman–Crippen LogP) is 3.40. The summed E-state index contributed by atoms with van der Waals surface area (Å²) in [5.74, 6) is -0.133. The van der Waals surface area contributed by atoms with Gasteiger partial charge in [0, 0.05) is 4.88 Å². The summed E-state index contributed by atoms with van der Waals surface area (Å²) in [7, 11) is 0. The highest BCUT2D eigenvalue weighted by molar-refractivity contribution is 7.09. The Morgan fingerprint density at radius 3 is 2.62 bits per heavy atom. The van der Waals surface area contributed by atoms with Gasteiger partial charge in [-0.15, -0.1) is 11.3 Å². The molecule has 1 aromatic carbocycles. The van der Waals surface area contributed by atoms with E-state index in [0.717, 1.165) is 17.7 Å². The first-order chi connectivity index (χ1) is 11.7. The third kappa shape index (κ3) is 6.04. The number of esters is 1. The molecule has 0 saturated carbocycles. The third-order valence-corrected chi connectivity index (χ3v) is 4.11. The summed E-state index contributed by atoms with van der Waals surface area (Å²) < 4.78 is 10.5. The second kappa shape index (κ2) is 9.72. The number of nitrogens with one attached hydrogen (secondary N) is 1. The normalized spacial score (nSPS) is 10.2. The molecule has 0 aliphatic heterocycles. The van der Waals surface area contributed by atoms with Gasteiger partial charge >= 0.3 is 5.97 Å². The van der Waals surface area contributed by atoms with Crippen molar-refractivity contribution in [1.82, 2.24) is 5.32 Å². The molecular formula is C18H21NO4S. The van der Waals surface area contributed by atoms with Gasteiger partial charge in [0.2, 0.25) is 0 Å². The van der Waals surface area contributed by atoms with Gasteiger partial charge in [-0.1, -0.05) is 19.4 Å². The molecule has 0 saturated heterocycles. The summed E-state index contributed by atoms with van der Waals surface area (Å²) in [6.07, 6.45) is 2.06. The topological polar surface area (TPSA) is 64.6 Å². The molecule has 0 aliphatic rings. The largest absolute Gasteiger partial charge is 0.494 e. The molecule has 0 aliphatic carbocycles. The molecule has 2 aromatic rings. The van der Waals surface area contributed by atoms with E-state index < -0.39 is 5.97 Å². The quantitative estimate of drug-likeness (QED) is 0.558. The van der Waals surface area contributed by atoms with Crippen molar-refractivity contribution in [3.63, 3.8) is 0 Å². The average Bonchev–Trinajstić information content (AvgIpc) is 3.12. The first kappa shape index (κ1) is 18.0. The van der Waals surface area contributed by atoms with Crippen molar-refractivity contribution in [1.29, 1.82) is 0 Å². The molecule has 0 atom stereocenters. The van der Waals surface area contributed by atoms with Crippen molar-refractivity contribution in [3.8, 4) is 5.75 Å². The highest BCUT2D eigenvalue weighted by atomic mass is 32.1. The molecule has 128 valence electrons. The van der Waals surface area contributed by atoms with Crippen molar-refractivity contribution in [3.05, 3.63) is 52.2 Å². The maximum Gasteiger partial charge on any atom is 0.338 e. The number of benzene rings is 1. The molecule has 24 heavy (non-hydrogen) atoms. The molecule has 1 heterocycles. The Morgan fingerprint density at radius 1 is 1.17 bits per heavy atom. The minimum Gasteiger partial charge on any atom is -0.494 e. The van der Waals surface area contributed by atoms with Gasteiger partial charge in [0.15, 0.2) is 6.61 Å². The van der Waals surface area contributed by atoms with Gasteiger partial charge in [0.1, 0.15) is 5.75 Å². The van der Waals surface area contributed by atoms with Gasteiger partial charge < -0.3 is 14.8 Å². The van der Waals surface area contributed by atoms with Crippen molar-refractivity contribution >= 4 is 23.2 Å². The van der Waals surface area contributed by atoms with Crippen LogP contribution in [0.2, 0.25) is 0 Å². The molecule has 1 amide bonds. The Balaban J connectivity index is 1.72. The van der Waals surface area contributed by atoms with E-state index >= 15 is 0 Å². The second-order valence-electron chi connectivity index (χ2n) is 5.16. The van der Waals surface area contributed by atoms with Gasteiger partial charge in [0.05, 0.1) is 18.7 Å². The summed E-state index contributed by atoms with van der Waals surface area (Å²) in [5.41, 5.74) is 0.392. The zero-order valence-corrected chi connectivity index (χ0v) is 14.4. The Kier molecular flexibility index (Phi) is 7.29. The first-order valence-electron chi connectivity index (χ1n) is 7.88. The second-order valence-corrected chi connectivity index (χ2v) is 6.19. The van der Waals surface area contributed by atoms with Gasteiger partial charge in [-0.2, -0.15) is 0 Å². The van der Waals surface area contributed by atoms with E-state index in [-0.39, 0.29) is 12.5 Å². The molecule has 0 radical (unpaired) electrons. The molecule has 0 fully saturated rings. The van der Waals surface area contributed by atoms with Crippen molar-refractivity contribution in [2.75, 3.05) is 13.2 Å². The van der Waals surface area contributed by atoms with Gasteiger partial charge in [0.25, 0.3) is 5.91 Å². The summed E-state index contributed by atoms with van der Waals surface area (Å²) in [6.45, 7) is 2.90. The highest BCUT2D eigenvalue weighted by Crippen LogP contribution is 2.13. The van der Waals surface area contributed by atoms with E-state index in [1.807, 2.05) is 17.5 Å². The molecule has 0 spiro atoms. The number of unbranched alkanes of at least 4 members (excludes halogenated alkanes) is 1. The number of carbonyl (C=O) groups excluding carboxylic acids is 2. The molecular weight excluding hydrogens is 326 g/mol. The highest BCUT2D eigenvalue weighted by Gasteiger charge is 2.10. The van der Waals surface area contributed by atoms with Crippen molar-refractivity contribution in [2.24, 2.45) is 0 Å². The van der Waals surface area contributed by atoms with E-state index in [9.17, 15) is 9.59 Å². The molecule has 1 aromatic heterocycles. The van der Waals surface area contributed by atoms with E-state index in [4.69, 9.17) is 9.47 Å². The molecule has 2 rings (SSSR count). The lowest BCUT2D eigenvalue weighted by molar-refractivity contribution is -0.124. The minimum absolute atomic E-state index is 0.293. The number of hydrogen-bond donors (Lipinski definition) is 1. The summed E-state index contributed by atoms with van der Waals surface area (Å²) >= 11 is 1.56. The van der Waals surface area contributed by atoms with Crippen LogP contribution >= 0.6 is 11.3 Å². The summed E-state index contributed by atoms with van der Waals surface area (Å²) in [5, 5.41) is 4.65. The number of ether oxygens (including phenoxy) is 2. The van der Waals surface area contributed by atoms with Gasteiger partial charge in [-0.3, -0.25) is 4.79 Å². The van der Waals surface area contributed by atoms with Crippen LogP contribution in [-0.2, 0) is 16.1 Å². The van der Waals surface area contributed by atoms with Crippen LogP contribution in [-0.4, -0.2) is 25.1 Å². The summed E-state index contributed by atoms with van der Waals surface area (Å²) in [6, 6.07) is 10.6. The van der Waals surface area contributed by atoms with Crippen LogP contribution in [0.25, 0.3) is 0 Å². The molecule has 5 nitrogen and oxygen atoms in total.